The highest BCUT2D eigenvalue weighted by Crippen LogP contribution is 2.69. The van der Waals surface area contributed by atoms with Gasteiger partial charge in [-0.1, -0.05) is 48.8 Å². The maximum Gasteiger partial charge on any atom is 0.200 e. The van der Waals surface area contributed by atoms with Gasteiger partial charge in [0.25, 0.3) is 0 Å². The van der Waals surface area contributed by atoms with Crippen LogP contribution in [0.15, 0.2) is 64.5 Å². The zero-order valence-electron chi connectivity index (χ0n) is 28.2. The molecule has 2 fully saturated rings. The third-order valence-corrected chi connectivity index (χ3v) is 10.7. The minimum Gasteiger partial charge on any atom is -0.504 e. The van der Waals surface area contributed by atoms with Gasteiger partial charge in [-0.05, 0) is 117 Å². The van der Waals surface area contributed by atoms with E-state index in [0.717, 1.165) is 5.57 Å². The molecule has 1 spiro atoms. The highest BCUT2D eigenvalue weighted by Gasteiger charge is 2.74. The van der Waals surface area contributed by atoms with E-state index in [0.29, 0.717) is 25.7 Å². The number of benzene rings is 1. The van der Waals surface area contributed by atoms with Gasteiger partial charge in [-0.3, -0.25) is 14.4 Å². The molecule has 0 unspecified atom stereocenters. The summed E-state index contributed by atoms with van der Waals surface area (Å²) >= 11 is 0. The van der Waals surface area contributed by atoms with Crippen molar-refractivity contribution in [1.82, 2.24) is 0 Å². The van der Waals surface area contributed by atoms with E-state index in [2.05, 4.69) is 39.8 Å². The number of phenols is 2. The quantitative estimate of drug-likeness (QED) is 0.102. The lowest BCUT2D eigenvalue weighted by atomic mass is 9.39. The summed E-state index contributed by atoms with van der Waals surface area (Å²) in [6, 6.07) is 3.81. The predicted molar refractivity (Wildman–Crippen MR) is 173 cm³/mol. The van der Waals surface area contributed by atoms with Crippen molar-refractivity contribution >= 4 is 17.3 Å². The molecule has 6 nitrogen and oxygen atoms in total. The topological polar surface area (TPSA) is 101 Å². The van der Waals surface area contributed by atoms with Crippen LogP contribution >= 0.6 is 0 Å². The molecule has 6 heteroatoms. The van der Waals surface area contributed by atoms with E-state index < -0.39 is 39.2 Å². The van der Waals surface area contributed by atoms with E-state index in [9.17, 15) is 15.0 Å². The first-order valence-corrected chi connectivity index (χ1v) is 15.8. The number of hydrogen-bond donors (Lipinski definition) is 2. The van der Waals surface area contributed by atoms with E-state index in [1.807, 2.05) is 47.6 Å². The molecule has 4 atom stereocenters. The van der Waals surface area contributed by atoms with Gasteiger partial charge >= 0.3 is 0 Å². The smallest absolute Gasteiger partial charge is 0.200 e. The third-order valence-electron chi connectivity index (χ3n) is 10.7. The predicted octanol–water partition coefficient (Wildman–Crippen LogP) is 8.59. The monoisotopic (exact) mass is 602 g/mol. The molecule has 1 saturated heterocycles. The second kappa shape index (κ2) is 11.5. The lowest BCUT2D eigenvalue weighted by Gasteiger charge is -2.64. The molecule has 1 aromatic carbocycles. The van der Waals surface area contributed by atoms with Crippen LogP contribution in [0.1, 0.15) is 112 Å². The molecule has 1 saturated carbocycles. The van der Waals surface area contributed by atoms with Crippen molar-refractivity contribution in [2.45, 2.75) is 107 Å². The van der Waals surface area contributed by atoms with Crippen LogP contribution in [0, 0.1) is 28.1 Å². The first-order chi connectivity index (χ1) is 20.3. The van der Waals surface area contributed by atoms with Gasteiger partial charge < -0.3 is 14.9 Å². The van der Waals surface area contributed by atoms with Crippen LogP contribution in [-0.4, -0.2) is 33.2 Å². The summed E-state index contributed by atoms with van der Waals surface area (Å²) in [5.74, 6) is -1.93. The summed E-state index contributed by atoms with van der Waals surface area (Å²) < 4.78 is 6.81. The Morgan fingerprint density at radius 3 is 1.93 bits per heavy atom. The first-order valence-electron chi connectivity index (χ1n) is 15.8. The summed E-state index contributed by atoms with van der Waals surface area (Å²) in [4.78, 5) is 44.9. The van der Waals surface area contributed by atoms with Crippen LogP contribution < -0.4 is 0 Å². The van der Waals surface area contributed by atoms with Gasteiger partial charge in [0.15, 0.2) is 28.8 Å². The van der Waals surface area contributed by atoms with Gasteiger partial charge in [-0.2, -0.15) is 0 Å². The van der Waals surface area contributed by atoms with Gasteiger partial charge in [-0.15, -0.1) is 0 Å². The van der Waals surface area contributed by atoms with E-state index in [-0.39, 0.29) is 46.7 Å². The molecule has 44 heavy (non-hydrogen) atoms. The molecule has 4 rings (SSSR count). The lowest BCUT2D eigenvalue weighted by Crippen LogP contribution is -2.69. The number of Topliss-reactive ketones (excluding diaryl/α,β-unsaturated/α-hetero) is 3. The molecule has 3 aliphatic rings. The SMILES string of the molecule is CC(C)=CC[C@@H]1C[C@]23C[C@@H](CC=C(C)C)C(C)(C)[C@](CC=C(C)C)(C(=O)C(C(=O)c4ccc(O)c(O)c4)=C2OC1(C)C)C3=O. The van der Waals surface area contributed by atoms with Crippen LogP contribution in [0.3, 0.4) is 0 Å². The largest absolute Gasteiger partial charge is 0.504 e. The minimum atomic E-state index is -1.48. The highest BCUT2D eigenvalue weighted by atomic mass is 16.5. The molecule has 1 aromatic rings. The number of fused-ring (bicyclic) bond motifs is 1. The van der Waals surface area contributed by atoms with Crippen LogP contribution in [-0.2, 0) is 14.3 Å². The summed E-state index contributed by atoms with van der Waals surface area (Å²) in [5.41, 5.74) is -0.866. The fraction of sp³-hybridized carbons (Fsp3) is 0.553. The number of carbonyl (C=O) groups excluding carboxylic acids is 3. The fourth-order valence-electron chi connectivity index (χ4n) is 7.72. The number of ketones is 3. The number of carbonyl (C=O) groups is 3. The molecule has 0 aromatic heterocycles. The van der Waals surface area contributed by atoms with Crippen molar-refractivity contribution < 1.29 is 29.3 Å². The van der Waals surface area contributed by atoms with E-state index in [1.165, 1.54) is 29.3 Å². The van der Waals surface area contributed by atoms with Crippen LogP contribution in [0.4, 0.5) is 0 Å². The molecular formula is C38H50O6. The van der Waals surface area contributed by atoms with Gasteiger partial charge in [0.2, 0.25) is 0 Å². The molecule has 1 aliphatic heterocycles. The van der Waals surface area contributed by atoms with Crippen molar-refractivity contribution in [2.75, 3.05) is 0 Å². The minimum absolute atomic E-state index is 0.0251. The number of hydrogen-bond acceptors (Lipinski definition) is 6. The average Bonchev–Trinajstić information content (AvgIpc) is 2.91. The summed E-state index contributed by atoms with van der Waals surface area (Å²) in [6.07, 6.45) is 8.89. The normalized spacial score (nSPS) is 28.4. The lowest BCUT2D eigenvalue weighted by molar-refractivity contribution is -0.188. The van der Waals surface area contributed by atoms with Gasteiger partial charge in [0.05, 0.1) is 5.41 Å². The van der Waals surface area contributed by atoms with Gasteiger partial charge in [0, 0.05) is 11.5 Å². The summed E-state index contributed by atoms with van der Waals surface area (Å²) in [7, 11) is 0. The van der Waals surface area contributed by atoms with Crippen molar-refractivity contribution in [2.24, 2.45) is 28.1 Å². The molecule has 2 bridgehead atoms. The van der Waals surface area contributed by atoms with Crippen LogP contribution in [0.5, 0.6) is 11.5 Å². The number of rotatable bonds is 8. The van der Waals surface area contributed by atoms with Gasteiger partial charge in [-0.25, -0.2) is 0 Å². The highest BCUT2D eigenvalue weighted by molar-refractivity contribution is 6.35. The zero-order valence-corrected chi connectivity index (χ0v) is 28.2. The number of allylic oxidation sites excluding steroid dienone is 8. The number of ether oxygens (including phenoxy) is 1. The second-order valence-electron chi connectivity index (χ2n) is 15.1. The Morgan fingerprint density at radius 2 is 1.39 bits per heavy atom. The summed E-state index contributed by atoms with van der Waals surface area (Å²) in [6.45, 7) is 20.1. The van der Waals surface area contributed by atoms with E-state index in [4.69, 9.17) is 4.74 Å². The maximum atomic E-state index is 15.3. The second-order valence-corrected chi connectivity index (χ2v) is 15.1. The maximum absolute atomic E-state index is 15.3. The Morgan fingerprint density at radius 1 is 0.841 bits per heavy atom. The van der Waals surface area contributed by atoms with E-state index >= 15 is 9.59 Å². The standard InChI is InChI=1S/C38H50O6/c1-22(2)11-14-26-20-37-21-27(15-12-23(3)4)36(9,10)44-33(37)30(31(41)25-13-16-28(39)29(40)19-25)32(42)38(34(37)43,35(26,7)8)18-17-24(5)6/h11-13,16-17,19,26-27,39-40H,14-15,18,20-21H2,1-10H3/t26-,27-,37-,38-/m1/s1. The molecule has 2 aliphatic carbocycles. The molecule has 0 radical (unpaired) electrons. The van der Waals surface area contributed by atoms with Crippen molar-refractivity contribution in [1.29, 1.82) is 0 Å². The zero-order chi connectivity index (χ0) is 33.0. The van der Waals surface area contributed by atoms with Crippen LogP contribution in [0.25, 0.3) is 0 Å². The molecule has 238 valence electrons. The Balaban J connectivity index is 2.10. The Labute approximate surface area is 263 Å². The Kier molecular flexibility index (Phi) is 8.75. The van der Waals surface area contributed by atoms with E-state index in [1.54, 1.807) is 0 Å². The fourth-order valence-corrected chi connectivity index (χ4v) is 7.72. The number of aromatic hydroxyl groups is 2. The van der Waals surface area contributed by atoms with Crippen molar-refractivity contribution in [3.63, 3.8) is 0 Å². The Bertz CT molecular complexity index is 1500. The molecule has 2 N–H and O–H groups in total. The average molecular weight is 603 g/mol. The van der Waals surface area contributed by atoms with Crippen molar-refractivity contribution in [3.8, 4) is 11.5 Å². The molecule has 1 heterocycles. The summed E-state index contributed by atoms with van der Waals surface area (Å²) in [5, 5.41) is 20.2. The molecular weight excluding hydrogens is 552 g/mol. The van der Waals surface area contributed by atoms with Gasteiger partial charge in [0.1, 0.15) is 22.3 Å². The van der Waals surface area contributed by atoms with Crippen molar-refractivity contribution in [3.05, 3.63) is 70.0 Å². The molecule has 0 amide bonds. The number of phenolic OH excluding ortho intramolecular Hbond substituents is 2. The van der Waals surface area contributed by atoms with Crippen LogP contribution in [0.2, 0.25) is 0 Å². The third kappa shape index (κ3) is 5.28. The Hall–Kier alpha value is -3.41. The first kappa shape index (κ1) is 33.5.